The number of rotatable bonds is 3. The molecule has 1 heterocycles. The second-order valence-corrected chi connectivity index (χ2v) is 5.52. The number of nitrogens with zero attached hydrogens (tertiary/aromatic N) is 3. The first-order chi connectivity index (χ1) is 8.70. The monoisotopic (exact) mass is 307 g/mol. The van der Waals surface area contributed by atoms with E-state index in [0.717, 1.165) is 28.7 Å². The summed E-state index contributed by atoms with van der Waals surface area (Å²) in [6.45, 7) is 2.00. The lowest BCUT2D eigenvalue weighted by Gasteiger charge is -2.08. The SMILES string of the molecule is Cc1ccc(-c2nnc(CO)n2C2CC2)cc1Br. The molecule has 0 saturated heterocycles. The van der Waals surface area contributed by atoms with Crippen LogP contribution in [0.2, 0.25) is 0 Å². The van der Waals surface area contributed by atoms with E-state index in [0.29, 0.717) is 11.9 Å². The summed E-state index contributed by atoms with van der Waals surface area (Å²) in [5, 5.41) is 17.6. The van der Waals surface area contributed by atoms with Gasteiger partial charge in [0, 0.05) is 16.1 Å². The van der Waals surface area contributed by atoms with Gasteiger partial charge >= 0.3 is 0 Å². The highest BCUT2D eigenvalue weighted by Gasteiger charge is 2.29. The van der Waals surface area contributed by atoms with Crippen LogP contribution in [0.4, 0.5) is 0 Å². The fraction of sp³-hybridized carbons (Fsp3) is 0.385. The van der Waals surface area contributed by atoms with Crippen LogP contribution in [0.5, 0.6) is 0 Å². The van der Waals surface area contributed by atoms with Crippen LogP contribution < -0.4 is 0 Å². The van der Waals surface area contributed by atoms with E-state index in [2.05, 4.69) is 49.8 Å². The standard InChI is InChI=1S/C13H14BrN3O/c1-8-2-3-9(6-11(8)14)13-16-15-12(7-18)17(13)10-4-5-10/h2-3,6,10,18H,4-5,7H2,1H3. The Morgan fingerprint density at radius 3 is 2.78 bits per heavy atom. The van der Waals surface area contributed by atoms with Gasteiger partial charge in [0.05, 0.1) is 0 Å². The summed E-state index contributed by atoms with van der Waals surface area (Å²) in [5.74, 6) is 1.51. The van der Waals surface area contributed by atoms with Crippen molar-refractivity contribution in [3.63, 3.8) is 0 Å². The zero-order chi connectivity index (χ0) is 12.7. The molecule has 1 N–H and O–H groups in total. The lowest BCUT2D eigenvalue weighted by molar-refractivity contribution is 0.265. The molecule has 1 aromatic carbocycles. The molecule has 4 nitrogen and oxygen atoms in total. The van der Waals surface area contributed by atoms with E-state index >= 15 is 0 Å². The van der Waals surface area contributed by atoms with E-state index in [1.54, 1.807) is 0 Å². The van der Waals surface area contributed by atoms with E-state index in [1.165, 1.54) is 5.56 Å². The normalized spacial score (nSPS) is 15.1. The first kappa shape index (κ1) is 11.9. The van der Waals surface area contributed by atoms with Crippen molar-refractivity contribution in [2.45, 2.75) is 32.4 Å². The molecule has 1 aliphatic carbocycles. The number of aliphatic hydroxyl groups excluding tert-OH is 1. The van der Waals surface area contributed by atoms with Gasteiger partial charge in [0.25, 0.3) is 0 Å². The highest BCUT2D eigenvalue weighted by molar-refractivity contribution is 9.10. The van der Waals surface area contributed by atoms with Crippen LogP contribution in [0.1, 0.15) is 30.3 Å². The predicted octanol–water partition coefficient (Wildman–Crippen LogP) is 2.84. The smallest absolute Gasteiger partial charge is 0.164 e. The maximum atomic E-state index is 9.32. The molecule has 18 heavy (non-hydrogen) atoms. The Morgan fingerprint density at radius 1 is 1.39 bits per heavy atom. The van der Waals surface area contributed by atoms with Crippen molar-refractivity contribution < 1.29 is 5.11 Å². The maximum absolute atomic E-state index is 9.32. The summed E-state index contributed by atoms with van der Waals surface area (Å²) < 4.78 is 3.13. The largest absolute Gasteiger partial charge is 0.388 e. The summed E-state index contributed by atoms with van der Waals surface area (Å²) in [6, 6.07) is 6.62. The van der Waals surface area contributed by atoms with Crippen LogP contribution in [0, 0.1) is 6.92 Å². The lowest BCUT2D eigenvalue weighted by atomic mass is 10.1. The Labute approximate surface area is 114 Å². The van der Waals surface area contributed by atoms with E-state index in [9.17, 15) is 5.11 Å². The molecule has 5 heteroatoms. The van der Waals surface area contributed by atoms with E-state index in [1.807, 2.05) is 6.07 Å². The Morgan fingerprint density at radius 2 is 2.17 bits per heavy atom. The summed E-state index contributed by atoms with van der Waals surface area (Å²) in [5.41, 5.74) is 2.23. The molecule has 1 saturated carbocycles. The van der Waals surface area contributed by atoms with Gasteiger partial charge in [0.1, 0.15) is 6.61 Å². The number of hydrogen-bond acceptors (Lipinski definition) is 3. The Hall–Kier alpha value is -1.20. The van der Waals surface area contributed by atoms with Gasteiger partial charge in [-0.1, -0.05) is 28.1 Å². The molecule has 1 aliphatic rings. The summed E-state index contributed by atoms with van der Waals surface area (Å²) in [7, 11) is 0. The van der Waals surface area contributed by atoms with Crippen LogP contribution in [0.25, 0.3) is 11.4 Å². The number of aryl methyl sites for hydroxylation is 1. The quantitative estimate of drug-likeness (QED) is 0.948. The van der Waals surface area contributed by atoms with Crippen molar-refractivity contribution in [2.75, 3.05) is 0 Å². The van der Waals surface area contributed by atoms with Gasteiger partial charge in [0.15, 0.2) is 11.6 Å². The average Bonchev–Trinajstić information content (AvgIpc) is 3.12. The molecule has 0 atom stereocenters. The molecule has 1 fully saturated rings. The Bertz CT molecular complexity index is 590. The number of aromatic nitrogens is 3. The van der Waals surface area contributed by atoms with Crippen LogP contribution in [0.3, 0.4) is 0 Å². The molecule has 0 unspecified atom stereocenters. The molecule has 0 bridgehead atoms. The lowest BCUT2D eigenvalue weighted by Crippen LogP contribution is -2.03. The zero-order valence-electron chi connectivity index (χ0n) is 10.1. The van der Waals surface area contributed by atoms with Crippen molar-refractivity contribution in [1.82, 2.24) is 14.8 Å². The molecule has 0 aliphatic heterocycles. The second kappa shape index (κ2) is 4.48. The van der Waals surface area contributed by atoms with Gasteiger partial charge in [-0.2, -0.15) is 0 Å². The molecule has 3 rings (SSSR count). The highest BCUT2D eigenvalue weighted by Crippen LogP contribution is 2.39. The molecule has 94 valence electrons. The van der Waals surface area contributed by atoms with E-state index in [4.69, 9.17) is 0 Å². The first-order valence-corrected chi connectivity index (χ1v) is 6.81. The number of aliphatic hydroxyl groups is 1. The van der Waals surface area contributed by atoms with Crippen molar-refractivity contribution in [3.05, 3.63) is 34.1 Å². The van der Waals surface area contributed by atoms with Crippen LogP contribution in [-0.2, 0) is 6.61 Å². The molecule has 0 spiro atoms. The van der Waals surface area contributed by atoms with Crippen LogP contribution in [-0.4, -0.2) is 19.9 Å². The van der Waals surface area contributed by atoms with Crippen LogP contribution in [0.15, 0.2) is 22.7 Å². The second-order valence-electron chi connectivity index (χ2n) is 4.66. The molecular weight excluding hydrogens is 294 g/mol. The van der Waals surface area contributed by atoms with Gasteiger partial charge in [-0.25, -0.2) is 0 Å². The van der Waals surface area contributed by atoms with Gasteiger partial charge in [0.2, 0.25) is 0 Å². The first-order valence-electron chi connectivity index (χ1n) is 6.02. The van der Waals surface area contributed by atoms with Crippen molar-refractivity contribution >= 4 is 15.9 Å². The van der Waals surface area contributed by atoms with E-state index in [-0.39, 0.29) is 6.61 Å². The number of benzene rings is 1. The van der Waals surface area contributed by atoms with Crippen molar-refractivity contribution in [3.8, 4) is 11.4 Å². The minimum absolute atomic E-state index is 0.0590. The zero-order valence-corrected chi connectivity index (χ0v) is 11.7. The van der Waals surface area contributed by atoms with Crippen LogP contribution >= 0.6 is 15.9 Å². The van der Waals surface area contributed by atoms with E-state index < -0.39 is 0 Å². The van der Waals surface area contributed by atoms with Gasteiger partial charge in [-0.05, 0) is 31.4 Å². The summed E-state index contributed by atoms with van der Waals surface area (Å²) >= 11 is 3.54. The maximum Gasteiger partial charge on any atom is 0.164 e. The van der Waals surface area contributed by atoms with Gasteiger partial charge in [-0.15, -0.1) is 10.2 Å². The third-order valence-electron chi connectivity index (χ3n) is 3.25. The molecule has 1 aromatic heterocycles. The molecule has 0 amide bonds. The highest BCUT2D eigenvalue weighted by atomic mass is 79.9. The molecule has 2 aromatic rings. The summed E-state index contributed by atoms with van der Waals surface area (Å²) in [6.07, 6.45) is 2.29. The fourth-order valence-corrected chi connectivity index (χ4v) is 2.46. The topological polar surface area (TPSA) is 50.9 Å². The van der Waals surface area contributed by atoms with Gasteiger partial charge < -0.3 is 9.67 Å². The van der Waals surface area contributed by atoms with Gasteiger partial charge in [-0.3, -0.25) is 0 Å². The van der Waals surface area contributed by atoms with Crippen molar-refractivity contribution in [1.29, 1.82) is 0 Å². The number of halogens is 1. The summed E-state index contributed by atoms with van der Waals surface area (Å²) in [4.78, 5) is 0. The average molecular weight is 308 g/mol. The van der Waals surface area contributed by atoms with Crippen molar-refractivity contribution in [2.24, 2.45) is 0 Å². The minimum atomic E-state index is -0.0590. The molecular formula is C13H14BrN3O. The predicted molar refractivity (Wildman–Crippen MR) is 72.1 cm³/mol. The third-order valence-corrected chi connectivity index (χ3v) is 4.10. The third kappa shape index (κ3) is 1.97. The minimum Gasteiger partial charge on any atom is -0.388 e. The fourth-order valence-electron chi connectivity index (χ4n) is 2.08. The number of hydrogen-bond donors (Lipinski definition) is 1. The Balaban J connectivity index is 2.10. The Kier molecular flexibility index (Phi) is 2.95. The molecule has 0 radical (unpaired) electrons.